The monoisotopic (exact) mass is 1140 g/mol. The molecule has 11 aliphatic carbocycles. The minimum atomic E-state index is -1.15. The number of allylic oxidation sites excluding steroid dienone is 4. The van der Waals surface area contributed by atoms with E-state index in [1.54, 1.807) is 22.4 Å². The fraction of sp³-hybridized carbons (Fsp3) is 0.778. The first kappa shape index (κ1) is 50.3. The van der Waals surface area contributed by atoms with Crippen LogP contribution in [0.2, 0.25) is 0 Å². The normalized spacial score (nSPS) is 49.2. The van der Waals surface area contributed by atoms with Gasteiger partial charge in [-0.25, -0.2) is 4.79 Å². The first-order valence-electron chi connectivity index (χ1n) is 34.7. The van der Waals surface area contributed by atoms with Crippen LogP contribution in [0.3, 0.4) is 0 Å². The number of ether oxygens (including phenoxy) is 2. The first-order valence-corrected chi connectivity index (χ1v) is 37.2. The minimum Gasteiger partial charge on any atom is -0.508 e. The zero-order valence-electron chi connectivity index (χ0n) is 49.2. The smallest absolute Gasteiger partial charge is 0.339 e. The Hall–Kier alpha value is -2.66. The Kier molecular flexibility index (Phi) is 10.3. The van der Waals surface area contributed by atoms with E-state index in [0.717, 1.165) is 67.5 Å². The van der Waals surface area contributed by atoms with E-state index in [0.29, 0.717) is 88.8 Å². The van der Waals surface area contributed by atoms with Crippen LogP contribution in [0.1, 0.15) is 202 Å². The van der Waals surface area contributed by atoms with Gasteiger partial charge in [0.25, 0.3) is 0 Å². The molecule has 8 nitrogen and oxygen atoms in total. The average molecular weight is 1140 g/mol. The van der Waals surface area contributed by atoms with Crippen LogP contribution in [-0.4, -0.2) is 76.1 Å². The molecule has 9 heterocycles. The maximum atomic E-state index is 17.4. The molecule has 0 radical (unpaired) electrons. The highest BCUT2D eigenvalue weighted by molar-refractivity contribution is 8.76. The van der Waals surface area contributed by atoms with Gasteiger partial charge in [0.1, 0.15) is 11.2 Å². The van der Waals surface area contributed by atoms with Gasteiger partial charge in [0.2, 0.25) is 0 Å². The molecule has 436 valence electrons. The summed E-state index contributed by atoms with van der Waals surface area (Å²) in [5.41, 5.74) is 15.1. The molecule has 0 amide bonds. The second kappa shape index (κ2) is 16.7. The molecule has 0 aromatic heterocycles. The predicted molar refractivity (Wildman–Crippen MR) is 321 cm³/mol. The van der Waals surface area contributed by atoms with E-state index in [-0.39, 0.29) is 58.4 Å². The van der Waals surface area contributed by atoms with Gasteiger partial charge in [-0.1, -0.05) is 108 Å². The van der Waals surface area contributed by atoms with Crippen molar-refractivity contribution in [3.05, 3.63) is 80.5 Å². The SMILES string of the molecule is CC1CC2=C3C4C5=C6C7CC14CC1CSSCC4CCCCC4C(C=C17)CC1C64C(=O)OC(=C(O)C6CC7CCC8(CC9(CCCC9)C9(CCCC9)C8)C6N6CC8CC(CN3C8CC2)C76)C4(CC5)C12OC(=O)c1c(CCCN)cccc12. The summed E-state index contributed by atoms with van der Waals surface area (Å²) in [6, 6.07) is 7.92. The van der Waals surface area contributed by atoms with Crippen LogP contribution >= 0.6 is 21.6 Å². The summed E-state index contributed by atoms with van der Waals surface area (Å²) < 4.78 is 15.5. The maximum absolute atomic E-state index is 17.4. The van der Waals surface area contributed by atoms with Crippen LogP contribution < -0.4 is 5.73 Å². The van der Waals surface area contributed by atoms with Gasteiger partial charge in [0.15, 0.2) is 11.4 Å². The number of fused-ring (bicyclic) bond motifs is 11. The van der Waals surface area contributed by atoms with Crippen molar-refractivity contribution in [2.45, 2.75) is 210 Å². The first-order chi connectivity index (χ1) is 40.0. The molecule has 19 unspecified atom stereocenters. The van der Waals surface area contributed by atoms with E-state index in [1.165, 1.54) is 153 Å². The Bertz CT molecular complexity index is 3160. The lowest BCUT2D eigenvalue weighted by atomic mass is 9.26. The van der Waals surface area contributed by atoms with Crippen LogP contribution in [0.15, 0.2) is 63.8 Å². The Morgan fingerprint density at radius 1 is 0.829 bits per heavy atom. The third kappa shape index (κ3) is 5.57. The molecule has 1 aromatic rings. The third-order valence-electron chi connectivity index (χ3n) is 31.0. The molecule has 7 saturated carbocycles. The Balaban J connectivity index is 0.900. The van der Waals surface area contributed by atoms with Crippen molar-refractivity contribution in [1.29, 1.82) is 0 Å². The lowest BCUT2D eigenvalue weighted by Gasteiger charge is -2.75. The van der Waals surface area contributed by atoms with E-state index in [4.69, 9.17) is 15.2 Å². The molecule has 1 aromatic carbocycles. The molecule has 12 fully saturated rings. The second-order valence-electron chi connectivity index (χ2n) is 32.9. The second-order valence-corrected chi connectivity index (χ2v) is 35.5. The van der Waals surface area contributed by atoms with Crippen molar-refractivity contribution in [1.82, 2.24) is 9.80 Å². The molecular weight excluding hydrogens is 1050 g/mol. The fourth-order valence-corrected chi connectivity index (χ4v) is 31.9. The summed E-state index contributed by atoms with van der Waals surface area (Å²) >= 11 is 0. The number of carbonyl (C=O) groups is 2. The van der Waals surface area contributed by atoms with Crippen molar-refractivity contribution < 1.29 is 24.2 Å². The molecule has 20 aliphatic rings. The number of aryl methyl sites for hydroxylation is 1. The maximum Gasteiger partial charge on any atom is 0.339 e. The molecule has 10 heteroatoms. The van der Waals surface area contributed by atoms with Gasteiger partial charge in [-0.3, -0.25) is 9.69 Å². The number of benzene rings is 1. The number of esters is 2. The molecule has 82 heavy (non-hydrogen) atoms. The summed E-state index contributed by atoms with van der Waals surface area (Å²) in [4.78, 5) is 39.6. The van der Waals surface area contributed by atoms with Crippen LogP contribution in [0, 0.1) is 104 Å². The number of rotatable bonds is 3. The highest BCUT2D eigenvalue weighted by atomic mass is 33.1. The molecular formula is C72H91N3O5S2. The van der Waals surface area contributed by atoms with Gasteiger partial charge in [0.05, 0.1) is 11.0 Å². The molecule has 5 saturated heterocycles. The average Bonchev–Trinajstić information content (AvgIpc) is 1.28. The number of nitrogens with zero attached hydrogens (tertiary/aromatic N) is 2. The molecule has 7 spiro atoms. The van der Waals surface area contributed by atoms with Gasteiger partial charge < -0.3 is 25.2 Å². The number of carbonyl (C=O) groups excluding carboxylic acids is 2. The Morgan fingerprint density at radius 3 is 2.48 bits per heavy atom. The summed E-state index contributed by atoms with van der Waals surface area (Å²) in [5, 5.41) is 14.9. The summed E-state index contributed by atoms with van der Waals surface area (Å²) in [6.45, 7) is 5.61. The van der Waals surface area contributed by atoms with E-state index >= 15 is 9.59 Å². The number of piperidine rings is 3. The number of aliphatic hydroxyl groups excluding tert-OH is 1. The summed E-state index contributed by atoms with van der Waals surface area (Å²) in [5.74, 6) is 7.22. The van der Waals surface area contributed by atoms with Crippen molar-refractivity contribution in [3.8, 4) is 0 Å². The highest BCUT2D eigenvalue weighted by Gasteiger charge is 2.95. The van der Waals surface area contributed by atoms with Gasteiger partial charge in [-0.2, -0.15) is 0 Å². The molecule has 21 rings (SSSR count). The largest absolute Gasteiger partial charge is 0.508 e. The van der Waals surface area contributed by atoms with Gasteiger partial charge in [-0.15, -0.1) is 0 Å². The van der Waals surface area contributed by atoms with E-state index in [2.05, 4.69) is 62.6 Å². The van der Waals surface area contributed by atoms with E-state index in [1.807, 2.05) is 0 Å². The zero-order valence-corrected chi connectivity index (χ0v) is 50.8. The number of nitrogens with two attached hydrogens (primary N) is 1. The summed E-state index contributed by atoms with van der Waals surface area (Å²) in [7, 11) is 4.39. The van der Waals surface area contributed by atoms with Crippen molar-refractivity contribution in [2.75, 3.05) is 31.1 Å². The molecule has 3 N–H and O–H groups in total. The van der Waals surface area contributed by atoms with E-state index < -0.39 is 16.4 Å². The van der Waals surface area contributed by atoms with Gasteiger partial charge in [0, 0.05) is 77.7 Å². The number of hydrogen-bond donors (Lipinski definition) is 2. The van der Waals surface area contributed by atoms with Gasteiger partial charge in [-0.05, 0) is 228 Å². The quantitative estimate of drug-likeness (QED) is 0.173. The number of aliphatic hydroxyl groups is 1. The number of hydrogen-bond acceptors (Lipinski definition) is 10. The fourth-order valence-electron chi connectivity index (χ4n) is 29.1. The third-order valence-corrected chi connectivity index (χ3v) is 33.6. The lowest BCUT2D eigenvalue weighted by molar-refractivity contribution is -0.284. The van der Waals surface area contributed by atoms with Crippen molar-refractivity contribution in [2.24, 2.45) is 109 Å². The topological polar surface area (TPSA) is 105 Å². The Labute approximate surface area is 495 Å². The van der Waals surface area contributed by atoms with Gasteiger partial charge >= 0.3 is 11.9 Å². The highest BCUT2D eigenvalue weighted by Crippen LogP contribution is 2.90. The minimum absolute atomic E-state index is 0.0803. The molecule has 9 aliphatic heterocycles. The Morgan fingerprint density at radius 2 is 1.65 bits per heavy atom. The predicted octanol–water partition coefficient (Wildman–Crippen LogP) is 14.5. The van der Waals surface area contributed by atoms with E-state index in [9.17, 15) is 5.11 Å². The standard InChI is InChI=1S/C72H91N3O5S2/c1-39-26-41-15-16-54-45-27-46-34-74(54)60(41)58-49-18-24-70-63(61(76)51-28-42-17-23-66(62(51)75(33-45)59(42)46)37-67(19-4-5-20-67)68(38-66)21-6-7-22-68)79-65(78)71(70)55(72(70)53-14-8-11-40(12-9-25-73)56(53)64(77)80-72)30-44-29-50-47(31-69(39,58)32-52(50)57(49)71)36-82-81-35-43-10-2-3-13-48(43)44/h8,11,14,29,39,42-48,51-52,54-55,58-59,62,76H,2-7,9-10,12-13,15-28,30-38,73H2,1H3. The van der Waals surface area contributed by atoms with Crippen LogP contribution in [-0.2, 0) is 26.3 Å². The lowest BCUT2D eigenvalue weighted by Crippen LogP contribution is -2.78. The molecule has 19 atom stereocenters. The molecule has 13 bridgehead atoms. The van der Waals surface area contributed by atoms with Crippen molar-refractivity contribution >= 4 is 33.5 Å². The van der Waals surface area contributed by atoms with Crippen LogP contribution in [0.5, 0.6) is 0 Å². The summed E-state index contributed by atoms with van der Waals surface area (Å²) in [6.07, 6.45) is 36.7. The zero-order chi connectivity index (χ0) is 54.2. The van der Waals surface area contributed by atoms with Crippen LogP contribution in [0.25, 0.3) is 0 Å². The van der Waals surface area contributed by atoms with Crippen molar-refractivity contribution in [3.63, 3.8) is 0 Å². The van der Waals surface area contributed by atoms with Crippen LogP contribution in [0.4, 0.5) is 0 Å².